The molecule has 0 bridgehead atoms. The average molecular weight is 211 g/mol. The highest BCUT2D eigenvalue weighted by Gasteiger charge is 2.37. The van der Waals surface area contributed by atoms with Gasteiger partial charge in [-0.1, -0.05) is 34.1 Å². The third-order valence-electron chi connectivity index (χ3n) is 4.22. The second-order valence-electron chi connectivity index (χ2n) is 6.78. The molecule has 0 spiro atoms. The molecule has 1 aliphatic rings. The van der Waals surface area contributed by atoms with Crippen LogP contribution in [0, 0.1) is 16.7 Å². The Labute approximate surface area is 95.8 Å². The van der Waals surface area contributed by atoms with Crippen LogP contribution >= 0.6 is 0 Å². The van der Waals surface area contributed by atoms with Gasteiger partial charge >= 0.3 is 0 Å². The molecule has 2 unspecified atom stereocenters. The lowest BCUT2D eigenvalue weighted by Gasteiger charge is -2.31. The minimum atomic E-state index is 0.465. The number of nitrogens with two attached hydrogens (primary N) is 1. The number of rotatable bonds is 4. The molecule has 15 heavy (non-hydrogen) atoms. The molecule has 1 fully saturated rings. The quantitative estimate of drug-likeness (QED) is 0.748. The number of hydrogen-bond acceptors (Lipinski definition) is 1. The smallest absolute Gasteiger partial charge is 0.00204 e. The van der Waals surface area contributed by atoms with E-state index < -0.39 is 0 Å². The highest BCUT2D eigenvalue weighted by molar-refractivity contribution is 4.90. The molecule has 0 aromatic carbocycles. The molecule has 1 saturated carbocycles. The first-order chi connectivity index (χ1) is 6.91. The molecule has 1 nitrogen and oxygen atoms in total. The molecule has 1 aliphatic carbocycles. The third-order valence-corrected chi connectivity index (χ3v) is 4.22. The maximum Gasteiger partial charge on any atom is -0.00204 e. The summed E-state index contributed by atoms with van der Waals surface area (Å²) in [5, 5.41) is 0. The van der Waals surface area contributed by atoms with Gasteiger partial charge in [-0.3, -0.25) is 0 Å². The van der Waals surface area contributed by atoms with Crippen LogP contribution in [-0.4, -0.2) is 6.54 Å². The molecule has 0 aromatic rings. The second-order valence-corrected chi connectivity index (χ2v) is 6.78. The van der Waals surface area contributed by atoms with E-state index in [1.54, 1.807) is 0 Å². The summed E-state index contributed by atoms with van der Waals surface area (Å²) >= 11 is 0. The van der Waals surface area contributed by atoms with E-state index in [9.17, 15) is 0 Å². The highest BCUT2D eigenvalue weighted by atomic mass is 14.6. The summed E-state index contributed by atoms with van der Waals surface area (Å²) in [5.41, 5.74) is 6.97. The molecule has 0 aromatic heterocycles. The average Bonchev–Trinajstić information content (AvgIpc) is 2.58. The van der Waals surface area contributed by atoms with Crippen molar-refractivity contribution in [1.82, 2.24) is 0 Å². The fourth-order valence-corrected chi connectivity index (χ4v) is 2.83. The molecule has 0 radical (unpaired) electrons. The summed E-state index contributed by atoms with van der Waals surface area (Å²) in [5.74, 6) is 0.952. The monoisotopic (exact) mass is 211 g/mol. The minimum Gasteiger partial charge on any atom is -0.330 e. The zero-order valence-corrected chi connectivity index (χ0v) is 11.1. The van der Waals surface area contributed by atoms with Gasteiger partial charge in [-0.15, -0.1) is 0 Å². The van der Waals surface area contributed by atoms with Crippen LogP contribution in [0.3, 0.4) is 0 Å². The highest BCUT2D eigenvalue weighted by Crippen LogP contribution is 2.47. The molecule has 0 heterocycles. The molecule has 1 heteroatoms. The predicted molar refractivity (Wildman–Crippen MR) is 67.8 cm³/mol. The molecule has 0 aliphatic heterocycles. The zero-order chi connectivity index (χ0) is 11.5. The van der Waals surface area contributed by atoms with E-state index in [-0.39, 0.29) is 0 Å². The summed E-state index contributed by atoms with van der Waals surface area (Å²) in [6, 6.07) is 0. The predicted octanol–water partition coefficient (Wildman–Crippen LogP) is 3.97. The fourth-order valence-electron chi connectivity index (χ4n) is 2.83. The fraction of sp³-hybridized carbons (Fsp3) is 1.00. The largest absolute Gasteiger partial charge is 0.330 e. The van der Waals surface area contributed by atoms with E-state index in [1.807, 2.05) is 0 Å². The van der Waals surface area contributed by atoms with Gasteiger partial charge in [-0.25, -0.2) is 0 Å². The summed E-state index contributed by atoms with van der Waals surface area (Å²) in [6.07, 6.45) is 8.17. The van der Waals surface area contributed by atoms with Crippen molar-refractivity contribution in [2.75, 3.05) is 6.54 Å². The summed E-state index contributed by atoms with van der Waals surface area (Å²) in [4.78, 5) is 0. The van der Waals surface area contributed by atoms with Crippen molar-refractivity contribution >= 4 is 0 Å². The van der Waals surface area contributed by atoms with Gasteiger partial charge in [-0.2, -0.15) is 0 Å². The van der Waals surface area contributed by atoms with Crippen molar-refractivity contribution in [1.29, 1.82) is 0 Å². The van der Waals surface area contributed by atoms with Crippen LogP contribution in [0.15, 0.2) is 0 Å². The first-order valence-corrected chi connectivity index (χ1v) is 6.61. The van der Waals surface area contributed by atoms with Crippen LogP contribution in [-0.2, 0) is 0 Å². The SMILES string of the molecule is CCC1CCC(CN)(CCC(C)(C)C)C1. The van der Waals surface area contributed by atoms with E-state index in [0.717, 1.165) is 12.5 Å². The Morgan fingerprint density at radius 1 is 1.33 bits per heavy atom. The third kappa shape index (κ3) is 3.79. The van der Waals surface area contributed by atoms with Gasteiger partial charge in [0, 0.05) is 0 Å². The Kier molecular flexibility index (Phi) is 4.22. The molecular formula is C14H29N. The van der Waals surface area contributed by atoms with Gasteiger partial charge in [-0.05, 0) is 55.4 Å². The van der Waals surface area contributed by atoms with E-state index >= 15 is 0 Å². The van der Waals surface area contributed by atoms with E-state index in [0.29, 0.717) is 10.8 Å². The number of hydrogen-bond donors (Lipinski definition) is 1. The molecule has 1 rings (SSSR count). The summed E-state index contributed by atoms with van der Waals surface area (Å²) in [6.45, 7) is 10.2. The Hall–Kier alpha value is -0.0400. The van der Waals surface area contributed by atoms with Crippen molar-refractivity contribution < 1.29 is 0 Å². The molecule has 0 saturated heterocycles. The standard InChI is InChI=1S/C14H29N/c1-5-12-6-7-14(10-12,11-15)9-8-13(2,3)4/h12H,5-11,15H2,1-4H3. The Morgan fingerprint density at radius 2 is 2.00 bits per heavy atom. The van der Waals surface area contributed by atoms with Gasteiger partial charge in [0.05, 0.1) is 0 Å². The molecule has 90 valence electrons. The Morgan fingerprint density at radius 3 is 2.40 bits per heavy atom. The van der Waals surface area contributed by atoms with Crippen molar-refractivity contribution in [3.63, 3.8) is 0 Å². The van der Waals surface area contributed by atoms with Crippen molar-refractivity contribution in [2.45, 2.75) is 66.2 Å². The van der Waals surface area contributed by atoms with Gasteiger partial charge in [0.1, 0.15) is 0 Å². The zero-order valence-electron chi connectivity index (χ0n) is 11.1. The normalized spacial score (nSPS) is 32.2. The van der Waals surface area contributed by atoms with Gasteiger partial charge < -0.3 is 5.73 Å². The molecule has 2 atom stereocenters. The van der Waals surface area contributed by atoms with E-state index in [1.165, 1.54) is 38.5 Å². The molecular weight excluding hydrogens is 182 g/mol. The van der Waals surface area contributed by atoms with Crippen LogP contribution in [0.2, 0.25) is 0 Å². The molecule has 0 amide bonds. The first-order valence-electron chi connectivity index (χ1n) is 6.61. The van der Waals surface area contributed by atoms with Crippen LogP contribution in [0.1, 0.15) is 66.2 Å². The van der Waals surface area contributed by atoms with E-state index in [4.69, 9.17) is 5.73 Å². The van der Waals surface area contributed by atoms with Crippen LogP contribution in [0.25, 0.3) is 0 Å². The van der Waals surface area contributed by atoms with Gasteiger partial charge in [0.15, 0.2) is 0 Å². The van der Waals surface area contributed by atoms with Crippen molar-refractivity contribution in [3.05, 3.63) is 0 Å². The van der Waals surface area contributed by atoms with Crippen molar-refractivity contribution in [2.24, 2.45) is 22.5 Å². The van der Waals surface area contributed by atoms with Gasteiger partial charge in [0.25, 0.3) is 0 Å². The summed E-state index contributed by atoms with van der Waals surface area (Å²) in [7, 11) is 0. The topological polar surface area (TPSA) is 26.0 Å². The van der Waals surface area contributed by atoms with Crippen molar-refractivity contribution in [3.8, 4) is 0 Å². The lowest BCUT2D eigenvalue weighted by atomic mass is 9.76. The Balaban J connectivity index is 2.48. The lowest BCUT2D eigenvalue weighted by Crippen LogP contribution is -2.29. The van der Waals surface area contributed by atoms with Gasteiger partial charge in [0.2, 0.25) is 0 Å². The van der Waals surface area contributed by atoms with Crippen LogP contribution in [0.4, 0.5) is 0 Å². The summed E-state index contributed by atoms with van der Waals surface area (Å²) < 4.78 is 0. The van der Waals surface area contributed by atoms with Crippen LogP contribution in [0.5, 0.6) is 0 Å². The maximum atomic E-state index is 6.02. The van der Waals surface area contributed by atoms with Crippen LogP contribution < -0.4 is 5.73 Å². The minimum absolute atomic E-state index is 0.465. The first kappa shape index (κ1) is 13.0. The van der Waals surface area contributed by atoms with E-state index in [2.05, 4.69) is 27.7 Å². The molecule has 2 N–H and O–H groups in total. The Bertz CT molecular complexity index is 192. The second kappa shape index (κ2) is 4.86. The lowest BCUT2D eigenvalue weighted by molar-refractivity contribution is 0.217. The maximum absolute atomic E-state index is 6.02.